The van der Waals surface area contributed by atoms with E-state index in [1.165, 1.54) is 11.3 Å². The highest BCUT2D eigenvalue weighted by Gasteiger charge is 2.04. The van der Waals surface area contributed by atoms with Crippen LogP contribution in [-0.4, -0.2) is 11.0 Å². The van der Waals surface area contributed by atoms with E-state index in [4.69, 9.17) is 5.26 Å². The maximum absolute atomic E-state index is 8.74. The number of fused-ring (bicyclic) bond motifs is 1. The van der Waals surface area contributed by atoms with Gasteiger partial charge in [0.25, 0.3) is 0 Å². The van der Waals surface area contributed by atoms with Crippen molar-refractivity contribution in [3.63, 3.8) is 0 Å². The number of aromatic nitrogens is 1. The van der Waals surface area contributed by atoms with E-state index >= 15 is 0 Å². The minimum atomic E-state index is 0.408. The van der Waals surface area contributed by atoms with Crippen molar-refractivity contribution >= 4 is 27.2 Å². The molecule has 0 saturated carbocycles. The van der Waals surface area contributed by atoms with Crippen LogP contribution in [0, 0.1) is 11.3 Å². The van der Waals surface area contributed by atoms with Crippen molar-refractivity contribution in [2.75, 3.05) is 5.32 Å². The summed E-state index contributed by atoms with van der Waals surface area (Å²) in [4.78, 5) is 4.18. The van der Waals surface area contributed by atoms with E-state index in [0.717, 1.165) is 15.9 Å². The first-order valence-corrected chi connectivity index (χ1v) is 5.58. The molecule has 1 aromatic heterocycles. The number of thiazole rings is 1. The number of nitrogens with zero attached hydrogens (tertiary/aromatic N) is 2. The molecule has 0 aliphatic heterocycles. The highest BCUT2D eigenvalue weighted by Crippen LogP contribution is 2.25. The van der Waals surface area contributed by atoms with E-state index in [1.54, 1.807) is 0 Å². The van der Waals surface area contributed by atoms with Gasteiger partial charge in [0, 0.05) is 11.7 Å². The van der Waals surface area contributed by atoms with Crippen LogP contribution in [0.2, 0.25) is 0 Å². The molecule has 1 heterocycles. The maximum Gasteiger partial charge on any atom is 0.195 e. The SMILES string of the molecule is CC(C)Nc1ccc2nc(C#N)sc2c1. The molecule has 0 fully saturated rings. The molecule has 15 heavy (non-hydrogen) atoms. The molecular weight excluding hydrogens is 206 g/mol. The van der Waals surface area contributed by atoms with Gasteiger partial charge >= 0.3 is 0 Å². The zero-order chi connectivity index (χ0) is 10.8. The number of benzene rings is 1. The molecule has 1 N–H and O–H groups in total. The van der Waals surface area contributed by atoms with Gasteiger partial charge in [0.15, 0.2) is 5.01 Å². The summed E-state index contributed by atoms with van der Waals surface area (Å²) in [5, 5.41) is 12.6. The minimum absolute atomic E-state index is 0.408. The van der Waals surface area contributed by atoms with E-state index in [0.29, 0.717) is 11.0 Å². The summed E-state index contributed by atoms with van der Waals surface area (Å²) in [5.74, 6) is 0. The average Bonchev–Trinajstić information content (AvgIpc) is 2.58. The summed E-state index contributed by atoms with van der Waals surface area (Å²) in [6, 6.07) is 8.44. The lowest BCUT2D eigenvalue weighted by molar-refractivity contribution is 0.900. The van der Waals surface area contributed by atoms with Crippen LogP contribution in [0.1, 0.15) is 18.9 Å². The normalized spacial score (nSPS) is 10.5. The Kier molecular flexibility index (Phi) is 2.57. The molecule has 76 valence electrons. The molecular formula is C11H11N3S. The first kappa shape index (κ1) is 9.94. The topological polar surface area (TPSA) is 48.7 Å². The van der Waals surface area contributed by atoms with Gasteiger partial charge in [-0.05, 0) is 32.0 Å². The van der Waals surface area contributed by atoms with Gasteiger partial charge in [-0.25, -0.2) is 4.98 Å². The third-order valence-electron chi connectivity index (χ3n) is 1.94. The Balaban J connectivity index is 2.42. The molecule has 0 unspecified atom stereocenters. The molecule has 2 aromatic rings. The van der Waals surface area contributed by atoms with Gasteiger partial charge in [0.05, 0.1) is 10.2 Å². The maximum atomic E-state index is 8.74. The Labute approximate surface area is 92.4 Å². The summed E-state index contributed by atoms with van der Waals surface area (Å²) in [6.07, 6.45) is 0. The molecule has 0 aliphatic rings. The fourth-order valence-electron chi connectivity index (χ4n) is 1.40. The predicted molar refractivity (Wildman–Crippen MR) is 63.1 cm³/mol. The van der Waals surface area contributed by atoms with Crippen LogP contribution < -0.4 is 5.32 Å². The van der Waals surface area contributed by atoms with Crippen LogP contribution in [0.15, 0.2) is 18.2 Å². The van der Waals surface area contributed by atoms with Crippen LogP contribution in [0.3, 0.4) is 0 Å². The van der Waals surface area contributed by atoms with Crippen molar-refractivity contribution in [1.82, 2.24) is 4.98 Å². The Morgan fingerprint density at radius 3 is 2.93 bits per heavy atom. The van der Waals surface area contributed by atoms with Gasteiger partial charge in [-0.15, -0.1) is 11.3 Å². The van der Waals surface area contributed by atoms with Crippen molar-refractivity contribution < 1.29 is 0 Å². The van der Waals surface area contributed by atoms with Crippen LogP contribution in [0.25, 0.3) is 10.2 Å². The molecule has 0 radical (unpaired) electrons. The van der Waals surface area contributed by atoms with Gasteiger partial charge in [0.1, 0.15) is 6.07 Å². The quantitative estimate of drug-likeness (QED) is 0.841. The Morgan fingerprint density at radius 2 is 2.27 bits per heavy atom. The van der Waals surface area contributed by atoms with Gasteiger partial charge in [0.2, 0.25) is 0 Å². The van der Waals surface area contributed by atoms with Gasteiger partial charge in [-0.1, -0.05) is 0 Å². The van der Waals surface area contributed by atoms with E-state index in [2.05, 4.69) is 30.2 Å². The van der Waals surface area contributed by atoms with Crippen LogP contribution in [0.5, 0.6) is 0 Å². The van der Waals surface area contributed by atoms with E-state index in [-0.39, 0.29) is 0 Å². The number of nitriles is 1. The molecule has 0 bridgehead atoms. The Bertz CT molecular complexity index is 522. The highest BCUT2D eigenvalue weighted by molar-refractivity contribution is 7.19. The van der Waals surface area contributed by atoms with Gasteiger partial charge in [-0.3, -0.25) is 0 Å². The summed E-state index contributed by atoms with van der Waals surface area (Å²) >= 11 is 1.43. The average molecular weight is 217 g/mol. The second-order valence-corrected chi connectivity index (χ2v) is 4.64. The molecule has 4 heteroatoms. The largest absolute Gasteiger partial charge is 0.383 e. The second kappa shape index (κ2) is 3.87. The first-order valence-electron chi connectivity index (χ1n) is 4.76. The summed E-state index contributed by atoms with van der Waals surface area (Å²) in [6.45, 7) is 4.19. The molecule has 0 atom stereocenters. The summed E-state index contributed by atoms with van der Waals surface area (Å²) in [7, 11) is 0. The molecule has 0 saturated heterocycles. The molecule has 1 aromatic carbocycles. The smallest absolute Gasteiger partial charge is 0.195 e. The third kappa shape index (κ3) is 2.08. The van der Waals surface area contributed by atoms with Crippen molar-refractivity contribution in [2.24, 2.45) is 0 Å². The molecule has 2 rings (SSSR count). The van der Waals surface area contributed by atoms with Crippen molar-refractivity contribution in [1.29, 1.82) is 5.26 Å². The second-order valence-electron chi connectivity index (χ2n) is 3.61. The monoisotopic (exact) mass is 217 g/mol. The predicted octanol–water partition coefficient (Wildman–Crippen LogP) is 2.99. The third-order valence-corrected chi connectivity index (χ3v) is 2.86. The molecule has 0 aliphatic carbocycles. The van der Waals surface area contributed by atoms with Crippen molar-refractivity contribution in [3.05, 3.63) is 23.2 Å². The number of hydrogen-bond donors (Lipinski definition) is 1. The summed E-state index contributed by atoms with van der Waals surface area (Å²) in [5.41, 5.74) is 1.97. The standard InChI is InChI=1S/C11H11N3S/c1-7(2)13-8-3-4-9-10(5-8)15-11(6-12)14-9/h3-5,7,13H,1-2H3. The number of nitrogens with one attached hydrogen (secondary N) is 1. The van der Waals surface area contributed by atoms with Crippen molar-refractivity contribution in [2.45, 2.75) is 19.9 Å². The molecule has 3 nitrogen and oxygen atoms in total. The first-order chi connectivity index (χ1) is 7.19. The zero-order valence-corrected chi connectivity index (χ0v) is 9.43. The lowest BCUT2D eigenvalue weighted by Crippen LogP contribution is -2.09. The highest BCUT2D eigenvalue weighted by atomic mass is 32.1. The molecule has 0 spiro atoms. The summed E-state index contributed by atoms with van der Waals surface area (Å²) < 4.78 is 1.05. The minimum Gasteiger partial charge on any atom is -0.383 e. The fraction of sp³-hybridized carbons (Fsp3) is 0.273. The van der Waals surface area contributed by atoms with Crippen LogP contribution >= 0.6 is 11.3 Å². The van der Waals surface area contributed by atoms with E-state index in [9.17, 15) is 0 Å². The fourth-order valence-corrected chi connectivity index (χ4v) is 2.20. The van der Waals surface area contributed by atoms with Crippen LogP contribution in [-0.2, 0) is 0 Å². The lowest BCUT2D eigenvalue weighted by Gasteiger charge is -2.08. The number of hydrogen-bond acceptors (Lipinski definition) is 4. The van der Waals surface area contributed by atoms with E-state index < -0.39 is 0 Å². The van der Waals surface area contributed by atoms with E-state index in [1.807, 2.05) is 18.2 Å². The van der Waals surface area contributed by atoms with Crippen LogP contribution in [0.4, 0.5) is 5.69 Å². The van der Waals surface area contributed by atoms with Gasteiger partial charge in [-0.2, -0.15) is 5.26 Å². The number of anilines is 1. The Hall–Kier alpha value is -1.60. The lowest BCUT2D eigenvalue weighted by atomic mass is 10.2. The molecule has 0 amide bonds. The zero-order valence-electron chi connectivity index (χ0n) is 8.61. The Morgan fingerprint density at radius 1 is 1.47 bits per heavy atom. The van der Waals surface area contributed by atoms with Crippen molar-refractivity contribution in [3.8, 4) is 6.07 Å². The van der Waals surface area contributed by atoms with Gasteiger partial charge < -0.3 is 5.32 Å². The number of rotatable bonds is 2.